The molecule has 5 nitrogen and oxygen atoms in total. The molecule has 0 radical (unpaired) electrons. The van der Waals surface area contributed by atoms with Crippen LogP contribution in [0.15, 0.2) is 47.8 Å². The van der Waals surface area contributed by atoms with Crippen molar-refractivity contribution in [2.45, 2.75) is 30.1 Å². The summed E-state index contributed by atoms with van der Waals surface area (Å²) < 4.78 is 40.1. The van der Waals surface area contributed by atoms with E-state index in [2.05, 4.69) is 32.1 Å². The summed E-state index contributed by atoms with van der Waals surface area (Å²) in [4.78, 5) is 10.9. The monoisotopic (exact) mass is 445 g/mol. The first-order valence-electron chi connectivity index (χ1n) is 9.96. The molecule has 3 aromatic rings. The van der Waals surface area contributed by atoms with Crippen LogP contribution in [0.3, 0.4) is 0 Å². The van der Waals surface area contributed by atoms with Gasteiger partial charge >= 0.3 is 6.18 Å². The Bertz CT molecular complexity index is 1070. The molecule has 2 aromatic heterocycles. The van der Waals surface area contributed by atoms with E-state index in [0.717, 1.165) is 43.8 Å². The van der Waals surface area contributed by atoms with Crippen LogP contribution >= 0.6 is 11.8 Å². The van der Waals surface area contributed by atoms with Gasteiger partial charge in [-0.2, -0.15) is 18.3 Å². The van der Waals surface area contributed by atoms with Gasteiger partial charge in [-0.05, 0) is 69.1 Å². The third-order valence-electron chi connectivity index (χ3n) is 5.51. The van der Waals surface area contributed by atoms with Crippen molar-refractivity contribution < 1.29 is 13.2 Å². The number of thioether (sulfide) groups is 1. The molecule has 4 rings (SSSR count). The summed E-state index contributed by atoms with van der Waals surface area (Å²) in [5.41, 5.74) is 2.14. The number of rotatable bonds is 4. The van der Waals surface area contributed by atoms with Crippen molar-refractivity contribution in [3.8, 4) is 22.5 Å². The largest absolute Gasteiger partial charge is 0.416 e. The van der Waals surface area contributed by atoms with Crippen LogP contribution in [0.1, 0.15) is 30.0 Å². The van der Waals surface area contributed by atoms with Gasteiger partial charge in [-0.1, -0.05) is 23.9 Å². The smallest absolute Gasteiger partial charge is 0.306 e. The van der Waals surface area contributed by atoms with Gasteiger partial charge in [0.2, 0.25) is 0 Å². The van der Waals surface area contributed by atoms with Crippen LogP contribution in [0.4, 0.5) is 13.2 Å². The number of nitrogens with zero attached hydrogens (tertiary/aromatic N) is 5. The van der Waals surface area contributed by atoms with Crippen molar-refractivity contribution >= 4 is 11.8 Å². The van der Waals surface area contributed by atoms with Crippen LogP contribution in [0.2, 0.25) is 0 Å². The summed E-state index contributed by atoms with van der Waals surface area (Å²) in [6.45, 7) is 1.91. The van der Waals surface area contributed by atoms with Gasteiger partial charge < -0.3 is 4.90 Å². The third kappa shape index (κ3) is 4.88. The molecular formula is C22H22F3N5S. The topological polar surface area (TPSA) is 54.8 Å². The number of benzene rings is 1. The molecule has 0 amide bonds. The van der Waals surface area contributed by atoms with E-state index in [1.54, 1.807) is 18.3 Å². The molecule has 9 heteroatoms. The van der Waals surface area contributed by atoms with Crippen LogP contribution in [0.5, 0.6) is 0 Å². The van der Waals surface area contributed by atoms with E-state index in [-0.39, 0.29) is 5.92 Å². The highest BCUT2D eigenvalue weighted by atomic mass is 32.2. The number of alkyl halides is 3. The number of piperidine rings is 1. The molecular weight excluding hydrogens is 423 g/mol. The van der Waals surface area contributed by atoms with Crippen molar-refractivity contribution in [2.75, 3.05) is 26.4 Å². The van der Waals surface area contributed by atoms with Crippen molar-refractivity contribution in [1.29, 1.82) is 0 Å². The van der Waals surface area contributed by atoms with Gasteiger partial charge in [-0.3, -0.25) is 0 Å². The van der Waals surface area contributed by atoms with Crippen molar-refractivity contribution in [3.05, 3.63) is 53.9 Å². The molecule has 1 aromatic carbocycles. The Labute approximate surface area is 183 Å². The second kappa shape index (κ2) is 8.92. The molecule has 3 heterocycles. The first-order chi connectivity index (χ1) is 14.8. The standard InChI is InChI=1S/C22H22F3N5S/c1-30-10-7-14(8-11-30)19-13-17(15-4-3-5-16(12-15)22(23,24)25)20(29-28-19)18-6-9-26-21(27-18)31-2/h3-6,9,12-14H,7-8,10-11H2,1-2H3. The number of likely N-dealkylation sites (tertiary alicyclic amines) is 1. The normalized spacial score (nSPS) is 15.9. The number of aromatic nitrogens is 4. The second-order valence-electron chi connectivity index (χ2n) is 7.62. The van der Waals surface area contributed by atoms with E-state index in [1.807, 2.05) is 12.3 Å². The second-order valence-corrected chi connectivity index (χ2v) is 8.39. The van der Waals surface area contributed by atoms with E-state index in [4.69, 9.17) is 0 Å². The van der Waals surface area contributed by atoms with Gasteiger partial charge in [-0.15, -0.1) is 5.10 Å². The minimum atomic E-state index is -4.42. The average Bonchev–Trinajstić information content (AvgIpc) is 2.79. The molecule has 0 aliphatic carbocycles. The number of halogens is 3. The lowest BCUT2D eigenvalue weighted by Gasteiger charge is -2.28. The molecule has 0 bridgehead atoms. The minimum absolute atomic E-state index is 0.231. The maximum absolute atomic E-state index is 13.4. The molecule has 0 atom stereocenters. The average molecular weight is 446 g/mol. The fourth-order valence-corrected chi connectivity index (χ4v) is 4.11. The molecule has 0 spiro atoms. The lowest BCUT2D eigenvalue weighted by atomic mass is 9.91. The van der Waals surface area contributed by atoms with Crippen LogP contribution in [-0.4, -0.2) is 51.5 Å². The van der Waals surface area contributed by atoms with Crippen LogP contribution in [-0.2, 0) is 6.18 Å². The Morgan fingerprint density at radius 1 is 1.06 bits per heavy atom. The summed E-state index contributed by atoms with van der Waals surface area (Å²) in [7, 11) is 2.08. The van der Waals surface area contributed by atoms with E-state index in [0.29, 0.717) is 27.7 Å². The highest BCUT2D eigenvalue weighted by molar-refractivity contribution is 7.98. The first kappa shape index (κ1) is 21.7. The molecule has 1 aliphatic rings. The molecule has 1 aliphatic heterocycles. The Kier molecular flexibility index (Phi) is 6.24. The van der Waals surface area contributed by atoms with Gasteiger partial charge in [-0.25, -0.2) is 9.97 Å². The summed E-state index contributed by atoms with van der Waals surface area (Å²) in [5, 5.41) is 9.46. The fraction of sp³-hybridized carbons (Fsp3) is 0.364. The Morgan fingerprint density at radius 2 is 1.84 bits per heavy atom. The molecule has 0 saturated carbocycles. The minimum Gasteiger partial charge on any atom is -0.306 e. The summed E-state index contributed by atoms with van der Waals surface area (Å²) in [5.74, 6) is 0.231. The lowest BCUT2D eigenvalue weighted by Crippen LogP contribution is -2.29. The quantitative estimate of drug-likeness (QED) is 0.409. The zero-order valence-corrected chi connectivity index (χ0v) is 18.0. The summed E-state index contributed by atoms with van der Waals surface area (Å²) in [6.07, 6.45) is 0.945. The summed E-state index contributed by atoms with van der Waals surface area (Å²) >= 11 is 1.39. The van der Waals surface area contributed by atoms with Crippen molar-refractivity contribution in [1.82, 2.24) is 25.1 Å². The summed E-state index contributed by atoms with van der Waals surface area (Å²) in [6, 6.07) is 8.92. The zero-order valence-electron chi connectivity index (χ0n) is 17.2. The van der Waals surface area contributed by atoms with E-state index in [9.17, 15) is 13.2 Å². The number of hydrogen-bond donors (Lipinski definition) is 0. The van der Waals surface area contributed by atoms with Gasteiger partial charge in [0.1, 0.15) is 5.69 Å². The molecule has 0 unspecified atom stereocenters. The number of hydrogen-bond acceptors (Lipinski definition) is 6. The molecule has 162 valence electrons. The maximum atomic E-state index is 13.4. The van der Waals surface area contributed by atoms with Crippen LogP contribution in [0, 0.1) is 0 Å². The molecule has 31 heavy (non-hydrogen) atoms. The van der Waals surface area contributed by atoms with Gasteiger partial charge in [0.05, 0.1) is 17.0 Å². The predicted octanol–water partition coefficient (Wildman–Crippen LogP) is 5.15. The van der Waals surface area contributed by atoms with Crippen LogP contribution in [0.25, 0.3) is 22.5 Å². The Morgan fingerprint density at radius 3 is 2.55 bits per heavy atom. The van der Waals surface area contributed by atoms with E-state index >= 15 is 0 Å². The predicted molar refractivity (Wildman–Crippen MR) is 115 cm³/mol. The zero-order chi connectivity index (χ0) is 22.0. The maximum Gasteiger partial charge on any atom is 0.416 e. The lowest BCUT2D eigenvalue weighted by molar-refractivity contribution is -0.137. The first-order valence-corrected chi connectivity index (χ1v) is 11.2. The van der Waals surface area contributed by atoms with Crippen molar-refractivity contribution in [3.63, 3.8) is 0 Å². The van der Waals surface area contributed by atoms with Gasteiger partial charge in [0.25, 0.3) is 0 Å². The highest BCUT2D eigenvalue weighted by Crippen LogP contribution is 2.37. The van der Waals surface area contributed by atoms with E-state index < -0.39 is 11.7 Å². The SMILES string of the molecule is CSc1nccc(-c2nnc(C3CCN(C)CC3)cc2-c2cccc(C(F)(F)F)c2)n1. The fourth-order valence-electron chi connectivity index (χ4n) is 3.75. The molecule has 0 N–H and O–H groups in total. The molecule has 1 fully saturated rings. The highest BCUT2D eigenvalue weighted by Gasteiger charge is 2.31. The Balaban J connectivity index is 1.84. The van der Waals surface area contributed by atoms with Crippen molar-refractivity contribution in [2.24, 2.45) is 0 Å². The van der Waals surface area contributed by atoms with E-state index in [1.165, 1.54) is 17.8 Å². The molecule has 1 saturated heterocycles. The van der Waals surface area contributed by atoms with Crippen LogP contribution < -0.4 is 0 Å². The Hall–Kier alpha value is -2.52. The van der Waals surface area contributed by atoms with Gasteiger partial charge in [0.15, 0.2) is 5.16 Å². The third-order valence-corrected chi connectivity index (χ3v) is 6.07. The van der Waals surface area contributed by atoms with Gasteiger partial charge in [0, 0.05) is 17.7 Å².